The van der Waals surface area contributed by atoms with Crippen LogP contribution in [0.3, 0.4) is 0 Å². The van der Waals surface area contributed by atoms with Crippen molar-refractivity contribution in [2.24, 2.45) is 4.99 Å². The number of aliphatic imine (C=N–C) groups is 1. The zero-order valence-corrected chi connectivity index (χ0v) is 13.4. The van der Waals surface area contributed by atoms with Crippen LogP contribution in [0.15, 0.2) is 40.3 Å². The van der Waals surface area contributed by atoms with Gasteiger partial charge in [-0.2, -0.15) is 5.10 Å². The molecule has 3 rings (SSSR count). The molecule has 23 heavy (non-hydrogen) atoms. The van der Waals surface area contributed by atoms with Crippen LogP contribution < -0.4 is 5.32 Å². The zero-order valence-electron chi connectivity index (χ0n) is 13.4. The molecular formula is C15H23N7O. The molecule has 0 unspecified atom stereocenters. The molecule has 124 valence electrons. The molecule has 1 fully saturated rings. The molecule has 1 aliphatic heterocycles. The Bertz CT molecular complexity index is 585. The lowest BCUT2D eigenvalue weighted by Gasteiger charge is -2.36. The fraction of sp³-hybridized carbons (Fsp3) is 0.533. The Kier molecular flexibility index (Phi) is 5.25. The molecule has 3 heterocycles. The first-order valence-corrected chi connectivity index (χ1v) is 7.90. The quantitative estimate of drug-likeness (QED) is 0.630. The highest BCUT2D eigenvalue weighted by Gasteiger charge is 2.20. The Balaban J connectivity index is 1.41. The van der Waals surface area contributed by atoms with Crippen LogP contribution in [-0.2, 0) is 13.1 Å². The monoisotopic (exact) mass is 317 g/mol. The SMILES string of the molecule is CN=C(NCCn1cccn1)N1CCN(Cc2ccon2)CC1. The van der Waals surface area contributed by atoms with Crippen LogP contribution in [0.1, 0.15) is 5.69 Å². The summed E-state index contributed by atoms with van der Waals surface area (Å²) in [4.78, 5) is 9.06. The highest BCUT2D eigenvalue weighted by molar-refractivity contribution is 5.79. The molecule has 0 atom stereocenters. The largest absolute Gasteiger partial charge is 0.364 e. The number of piperazine rings is 1. The van der Waals surface area contributed by atoms with E-state index in [1.807, 2.05) is 30.1 Å². The smallest absolute Gasteiger partial charge is 0.193 e. The molecule has 0 aliphatic carbocycles. The van der Waals surface area contributed by atoms with Gasteiger partial charge in [-0.15, -0.1) is 0 Å². The van der Waals surface area contributed by atoms with Crippen LogP contribution in [0.5, 0.6) is 0 Å². The number of guanidine groups is 1. The Morgan fingerprint density at radius 2 is 2.22 bits per heavy atom. The summed E-state index contributed by atoms with van der Waals surface area (Å²) in [6.07, 6.45) is 5.38. The summed E-state index contributed by atoms with van der Waals surface area (Å²) in [5.74, 6) is 0.957. The molecule has 0 radical (unpaired) electrons. The summed E-state index contributed by atoms with van der Waals surface area (Å²) in [6.45, 7) is 6.39. The van der Waals surface area contributed by atoms with Crippen molar-refractivity contribution >= 4 is 5.96 Å². The van der Waals surface area contributed by atoms with E-state index in [1.165, 1.54) is 0 Å². The van der Waals surface area contributed by atoms with Crippen molar-refractivity contribution in [2.75, 3.05) is 39.8 Å². The predicted molar refractivity (Wildman–Crippen MR) is 86.9 cm³/mol. The minimum Gasteiger partial charge on any atom is -0.364 e. The molecule has 0 saturated carbocycles. The van der Waals surface area contributed by atoms with E-state index in [-0.39, 0.29) is 0 Å². The van der Waals surface area contributed by atoms with E-state index in [9.17, 15) is 0 Å². The van der Waals surface area contributed by atoms with E-state index in [1.54, 1.807) is 12.5 Å². The Morgan fingerprint density at radius 3 is 2.87 bits per heavy atom. The van der Waals surface area contributed by atoms with Crippen LogP contribution in [0, 0.1) is 0 Å². The normalized spacial score (nSPS) is 16.7. The Morgan fingerprint density at radius 1 is 1.35 bits per heavy atom. The van der Waals surface area contributed by atoms with Crippen LogP contribution in [0.4, 0.5) is 0 Å². The molecule has 8 nitrogen and oxygen atoms in total. The maximum absolute atomic E-state index is 4.88. The predicted octanol–water partition coefficient (Wildman–Crippen LogP) is 0.264. The van der Waals surface area contributed by atoms with Crippen molar-refractivity contribution in [2.45, 2.75) is 13.1 Å². The van der Waals surface area contributed by atoms with Crippen molar-refractivity contribution in [1.29, 1.82) is 0 Å². The molecular weight excluding hydrogens is 294 g/mol. The standard InChI is InChI=1S/C15H23N7O/c1-16-15(17-5-7-22-6-2-4-18-22)21-10-8-20(9-11-21)13-14-3-12-23-19-14/h2-4,6,12H,5,7-11,13H2,1H3,(H,16,17). The summed E-state index contributed by atoms with van der Waals surface area (Å²) in [7, 11) is 1.83. The summed E-state index contributed by atoms with van der Waals surface area (Å²) < 4.78 is 6.80. The van der Waals surface area contributed by atoms with Crippen molar-refractivity contribution in [3.05, 3.63) is 36.5 Å². The van der Waals surface area contributed by atoms with E-state index in [2.05, 4.69) is 30.4 Å². The van der Waals surface area contributed by atoms with Gasteiger partial charge >= 0.3 is 0 Å². The number of rotatable bonds is 5. The second kappa shape index (κ2) is 7.77. The molecule has 0 spiro atoms. The second-order valence-electron chi connectivity index (χ2n) is 5.50. The van der Waals surface area contributed by atoms with Gasteiger partial charge in [-0.1, -0.05) is 5.16 Å². The minimum atomic E-state index is 0.813. The van der Waals surface area contributed by atoms with Gasteiger partial charge in [-0.3, -0.25) is 14.6 Å². The maximum atomic E-state index is 4.88. The van der Waals surface area contributed by atoms with Gasteiger partial charge < -0.3 is 14.7 Å². The lowest BCUT2D eigenvalue weighted by atomic mass is 10.3. The lowest BCUT2D eigenvalue weighted by molar-refractivity contribution is 0.169. The third-order valence-corrected chi connectivity index (χ3v) is 3.94. The molecule has 0 aromatic carbocycles. The average molecular weight is 317 g/mol. The third-order valence-electron chi connectivity index (χ3n) is 3.94. The van der Waals surface area contributed by atoms with Gasteiger partial charge in [0.15, 0.2) is 5.96 Å². The van der Waals surface area contributed by atoms with Crippen LogP contribution in [0.2, 0.25) is 0 Å². The van der Waals surface area contributed by atoms with Gasteiger partial charge in [0, 0.05) is 64.8 Å². The lowest BCUT2D eigenvalue weighted by Crippen LogP contribution is -2.52. The summed E-state index contributed by atoms with van der Waals surface area (Å²) in [5.41, 5.74) is 0.986. The summed E-state index contributed by atoms with van der Waals surface area (Å²) in [6, 6.07) is 3.85. The van der Waals surface area contributed by atoms with Gasteiger partial charge in [0.1, 0.15) is 6.26 Å². The number of nitrogens with one attached hydrogen (secondary N) is 1. The van der Waals surface area contributed by atoms with E-state index in [0.29, 0.717) is 0 Å². The molecule has 0 bridgehead atoms. The highest BCUT2D eigenvalue weighted by atomic mass is 16.5. The molecule has 1 aliphatic rings. The highest BCUT2D eigenvalue weighted by Crippen LogP contribution is 2.07. The van der Waals surface area contributed by atoms with Crippen molar-refractivity contribution in [1.82, 2.24) is 30.1 Å². The van der Waals surface area contributed by atoms with Crippen molar-refractivity contribution < 1.29 is 4.52 Å². The first-order chi connectivity index (χ1) is 11.3. The molecule has 1 N–H and O–H groups in total. The van der Waals surface area contributed by atoms with Crippen LogP contribution >= 0.6 is 0 Å². The van der Waals surface area contributed by atoms with Gasteiger partial charge in [-0.25, -0.2) is 0 Å². The summed E-state index contributed by atoms with van der Waals surface area (Å²) in [5, 5.41) is 11.6. The van der Waals surface area contributed by atoms with Gasteiger partial charge in [0.25, 0.3) is 0 Å². The first kappa shape index (κ1) is 15.5. The van der Waals surface area contributed by atoms with Crippen molar-refractivity contribution in [3.8, 4) is 0 Å². The number of hydrogen-bond donors (Lipinski definition) is 1. The topological polar surface area (TPSA) is 74.7 Å². The zero-order chi connectivity index (χ0) is 15.9. The number of nitrogens with zero attached hydrogens (tertiary/aromatic N) is 6. The van der Waals surface area contributed by atoms with Gasteiger partial charge in [0.2, 0.25) is 0 Å². The molecule has 8 heteroatoms. The Labute approximate surface area is 135 Å². The fourth-order valence-electron chi connectivity index (χ4n) is 2.71. The van der Waals surface area contributed by atoms with E-state index in [4.69, 9.17) is 4.52 Å². The minimum absolute atomic E-state index is 0.813. The maximum Gasteiger partial charge on any atom is 0.193 e. The van der Waals surface area contributed by atoms with E-state index >= 15 is 0 Å². The second-order valence-corrected chi connectivity index (χ2v) is 5.50. The number of aromatic nitrogens is 3. The van der Waals surface area contributed by atoms with Gasteiger partial charge in [-0.05, 0) is 6.07 Å². The molecule has 2 aromatic heterocycles. The molecule has 0 amide bonds. The average Bonchev–Trinajstić information content (AvgIpc) is 3.26. The fourth-order valence-corrected chi connectivity index (χ4v) is 2.71. The van der Waals surface area contributed by atoms with E-state index < -0.39 is 0 Å². The van der Waals surface area contributed by atoms with Crippen LogP contribution in [0.25, 0.3) is 0 Å². The Hall–Kier alpha value is -2.35. The molecule has 1 saturated heterocycles. The van der Waals surface area contributed by atoms with Crippen molar-refractivity contribution in [3.63, 3.8) is 0 Å². The first-order valence-electron chi connectivity index (χ1n) is 7.90. The molecule has 2 aromatic rings. The van der Waals surface area contributed by atoms with Gasteiger partial charge in [0.05, 0.1) is 12.2 Å². The third kappa shape index (κ3) is 4.32. The van der Waals surface area contributed by atoms with Crippen LogP contribution in [-0.4, -0.2) is 70.5 Å². The summed E-state index contributed by atoms with van der Waals surface area (Å²) >= 11 is 0. The van der Waals surface area contributed by atoms with E-state index in [0.717, 1.165) is 57.5 Å². The number of hydrogen-bond acceptors (Lipinski definition) is 5.